The molecule has 0 spiro atoms. The van der Waals surface area contributed by atoms with Crippen molar-refractivity contribution in [2.75, 3.05) is 13.2 Å². The number of amides is 2. The monoisotopic (exact) mass is 417 g/mol. The van der Waals surface area contributed by atoms with E-state index >= 15 is 0 Å². The minimum atomic E-state index is -0.752. The zero-order valence-corrected chi connectivity index (χ0v) is 15.3. The maximum absolute atomic E-state index is 12.5. The van der Waals surface area contributed by atoms with E-state index in [0.717, 1.165) is 15.8 Å². The highest BCUT2D eigenvalue weighted by Gasteiger charge is 2.59. The van der Waals surface area contributed by atoms with Gasteiger partial charge < -0.3 is 4.74 Å². The van der Waals surface area contributed by atoms with E-state index in [0.29, 0.717) is 5.56 Å². The van der Waals surface area contributed by atoms with Gasteiger partial charge >= 0.3 is 5.97 Å². The summed E-state index contributed by atoms with van der Waals surface area (Å²) in [5.74, 6) is -2.17. The van der Waals surface area contributed by atoms with Gasteiger partial charge in [-0.1, -0.05) is 40.2 Å². The summed E-state index contributed by atoms with van der Waals surface area (Å²) >= 11 is 3.28. The van der Waals surface area contributed by atoms with Crippen molar-refractivity contribution < 1.29 is 23.9 Å². The molecule has 0 aromatic heterocycles. The molecule has 0 radical (unpaired) electrons. The standard InChI is InChI=1S/C19H16BrNO5/c20-13-5-3-10(4-6-13)14(22)9-26-15(23)8-21-18(24)16-11-1-2-12(7-11)17(16)19(21)25/h1-6,11-12,16-17H,7-9H2/t11-,12-,16-,17+/m0/s1. The van der Waals surface area contributed by atoms with Crippen LogP contribution in [0.15, 0.2) is 40.9 Å². The van der Waals surface area contributed by atoms with Crippen molar-refractivity contribution in [1.29, 1.82) is 0 Å². The number of ketones is 1. The zero-order valence-electron chi connectivity index (χ0n) is 13.8. The number of fused-ring (bicyclic) bond motifs is 5. The number of hydrogen-bond donors (Lipinski definition) is 0. The van der Waals surface area contributed by atoms with E-state index in [4.69, 9.17) is 4.74 Å². The van der Waals surface area contributed by atoms with Gasteiger partial charge in [-0.05, 0) is 30.4 Å². The molecule has 1 aromatic carbocycles. The Labute approximate surface area is 158 Å². The fourth-order valence-electron chi connectivity index (χ4n) is 4.16. The quantitative estimate of drug-likeness (QED) is 0.316. The number of halogens is 1. The molecule has 1 saturated carbocycles. The molecule has 2 fully saturated rings. The molecule has 1 saturated heterocycles. The lowest BCUT2D eigenvalue weighted by Crippen LogP contribution is -2.38. The summed E-state index contributed by atoms with van der Waals surface area (Å²) in [6, 6.07) is 6.69. The lowest BCUT2D eigenvalue weighted by Gasteiger charge is -2.16. The highest BCUT2D eigenvalue weighted by molar-refractivity contribution is 9.10. The summed E-state index contributed by atoms with van der Waals surface area (Å²) in [5.41, 5.74) is 0.423. The molecule has 1 heterocycles. The molecule has 134 valence electrons. The van der Waals surface area contributed by atoms with E-state index in [-0.39, 0.29) is 41.3 Å². The molecule has 0 unspecified atom stereocenters. The van der Waals surface area contributed by atoms with Crippen LogP contribution in [0.1, 0.15) is 16.8 Å². The number of carbonyl (C=O) groups is 4. The third-order valence-electron chi connectivity index (χ3n) is 5.38. The fraction of sp³-hybridized carbons (Fsp3) is 0.368. The van der Waals surface area contributed by atoms with E-state index in [1.54, 1.807) is 24.3 Å². The number of ether oxygens (including phenoxy) is 1. The van der Waals surface area contributed by atoms with Gasteiger partial charge in [0.25, 0.3) is 0 Å². The summed E-state index contributed by atoms with van der Waals surface area (Å²) < 4.78 is 5.82. The van der Waals surface area contributed by atoms with Gasteiger partial charge in [-0.3, -0.25) is 24.1 Å². The number of benzene rings is 1. The first kappa shape index (κ1) is 17.1. The number of allylic oxidation sites excluding steroid dienone is 2. The summed E-state index contributed by atoms with van der Waals surface area (Å²) in [6.07, 6.45) is 4.83. The Morgan fingerprint density at radius 3 is 2.19 bits per heavy atom. The van der Waals surface area contributed by atoms with Crippen LogP contribution in [0.2, 0.25) is 0 Å². The minimum Gasteiger partial charge on any atom is -0.456 e. The average molecular weight is 418 g/mol. The Bertz CT molecular complexity index is 801. The molecule has 2 bridgehead atoms. The van der Waals surface area contributed by atoms with Crippen LogP contribution in [0.3, 0.4) is 0 Å². The summed E-state index contributed by atoms with van der Waals surface area (Å²) in [4.78, 5) is 50.1. The minimum absolute atomic E-state index is 0.0986. The van der Waals surface area contributed by atoms with E-state index < -0.39 is 19.1 Å². The van der Waals surface area contributed by atoms with Gasteiger partial charge in [0, 0.05) is 10.0 Å². The normalized spacial score (nSPS) is 28.6. The molecule has 2 aliphatic carbocycles. The molecule has 2 amide bonds. The third kappa shape index (κ3) is 2.80. The van der Waals surface area contributed by atoms with Crippen molar-refractivity contribution in [1.82, 2.24) is 4.90 Å². The smallest absolute Gasteiger partial charge is 0.326 e. The van der Waals surface area contributed by atoms with Gasteiger partial charge in [0.05, 0.1) is 11.8 Å². The van der Waals surface area contributed by atoms with Crippen molar-refractivity contribution in [2.45, 2.75) is 6.42 Å². The number of imide groups is 1. The molecule has 7 heteroatoms. The molecular weight excluding hydrogens is 402 g/mol. The van der Waals surface area contributed by atoms with Crippen molar-refractivity contribution in [3.63, 3.8) is 0 Å². The number of rotatable bonds is 5. The number of likely N-dealkylation sites (tertiary alicyclic amines) is 1. The lowest BCUT2D eigenvalue weighted by atomic mass is 9.85. The Kier molecular flexibility index (Phi) is 4.26. The summed E-state index contributed by atoms with van der Waals surface area (Å²) in [5, 5.41) is 0. The number of carbonyl (C=O) groups excluding carboxylic acids is 4. The topological polar surface area (TPSA) is 80.8 Å². The van der Waals surface area contributed by atoms with Crippen LogP contribution in [-0.2, 0) is 19.1 Å². The van der Waals surface area contributed by atoms with Gasteiger partial charge in [0.2, 0.25) is 11.8 Å². The predicted octanol–water partition coefficient (Wildman–Crippen LogP) is 1.98. The molecule has 6 nitrogen and oxygen atoms in total. The van der Waals surface area contributed by atoms with E-state index in [2.05, 4.69) is 15.9 Å². The van der Waals surface area contributed by atoms with Gasteiger partial charge in [0.15, 0.2) is 12.4 Å². The fourth-order valence-corrected chi connectivity index (χ4v) is 4.42. The Morgan fingerprint density at radius 1 is 1.04 bits per heavy atom. The molecule has 1 aliphatic heterocycles. The molecule has 1 aromatic rings. The Morgan fingerprint density at radius 2 is 1.62 bits per heavy atom. The van der Waals surface area contributed by atoms with Crippen LogP contribution in [-0.4, -0.2) is 41.6 Å². The first-order valence-corrected chi connectivity index (χ1v) is 9.23. The molecule has 3 aliphatic rings. The number of hydrogen-bond acceptors (Lipinski definition) is 5. The Hall–Kier alpha value is -2.28. The van der Waals surface area contributed by atoms with Crippen LogP contribution >= 0.6 is 15.9 Å². The van der Waals surface area contributed by atoms with Crippen molar-refractivity contribution in [3.05, 3.63) is 46.5 Å². The van der Waals surface area contributed by atoms with Gasteiger partial charge in [-0.15, -0.1) is 0 Å². The molecular formula is C19H16BrNO5. The van der Waals surface area contributed by atoms with E-state index in [9.17, 15) is 19.2 Å². The number of esters is 1. The second-order valence-electron chi connectivity index (χ2n) is 6.85. The van der Waals surface area contributed by atoms with Crippen LogP contribution in [0, 0.1) is 23.7 Å². The molecule has 4 atom stereocenters. The van der Waals surface area contributed by atoms with Crippen molar-refractivity contribution >= 4 is 39.5 Å². The van der Waals surface area contributed by atoms with E-state index in [1.807, 2.05) is 12.2 Å². The molecule has 26 heavy (non-hydrogen) atoms. The second-order valence-corrected chi connectivity index (χ2v) is 7.77. The van der Waals surface area contributed by atoms with Gasteiger partial charge in [0.1, 0.15) is 6.54 Å². The SMILES string of the molecule is O=C(CN1C(=O)[C@@H]2[C@H](C1=O)[C@H]1C=C[C@H]2C1)OCC(=O)c1ccc(Br)cc1. The van der Waals surface area contributed by atoms with Gasteiger partial charge in [-0.25, -0.2) is 0 Å². The number of Topliss-reactive ketones (excluding diaryl/α,β-unsaturated/α-hetero) is 1. The zero-order chi connectivity index (χ0) is 18.4. The van der Waals surface area contributed by atoms with Crippen molar-refractivity contribution in [3.8, 4) is 0 Å². The highest BCUT2D eigenvalue weighted by Crippen LogP contribution is 2.52. The molecule has 0 N–H and O–H groups in total. The maximum atomic E-state index is 12.5. The van der Waals surface area contributed by atoms with Crippen LogP contribution in [0.5, 0.6) is 0 Å². The number of nitrogens with zero attached hydrogens (tertiary/aromatic N) is 1. The first-order valence-electron chi connectivity index (χ1n) is 8.43. The largest absolute Gasteiger partial charge is 0.456 e. The molecule has 4 rings (SSSR count). The Balaban J connectivity index is 1.34. The average Bonchev–Trinajstić information content (AvgIpc) is 3.30. The first-order chi connectivity index (χ1) is 12.5. The van der Waals surface area contributed by atoms with Gasteiger partial charge in [-0.2, -0.15) is 0 Å². The van der Waals surface area contributed by atoms with Crippen LogP contribution in [0.4, 0.5) is 0 Å². The van der Waals surface area contributed by atoms with E-state index in [1.165, 1.54) is 0 Å². The summed E-state index contributed by atoms with van der Waals surface area (Å²) in [7, 11) is 0. The summed E-state index contributed by atoms with van der Waals surface area (Å²) in [6.45, 7) is -0.853. The lowest BCUT2D eigenvalue weighted by molar-refractivity contribution is -0.152. The second kappa shape index (κ2) is 6.46. The highest BCUT2D eigenvalue weighted by atomic mass is 79.9. The maximum Gasteiger partial charge on any atom is 0.326 e. The van der Waals surface area contributed by atoms with Crippen LogP contribution < -0.4 is 0 Å². The van der Waals surface area contributed by atoms with Crippen LogP contribution in [0.25, 0.3) is 0 Å². The van der Waals surface area contributed by atoms with Crippen molar-refractivity contribution in [2.24, 2.45) is 23.7 Å². The third-order valence-corrected chi connectivity index (χ3v) is 5.91. The predicted molar refractivity (Wildman–Crippen MR) is 93.9 cm³/mol.